The van der Waals surface area contributed by atoms with Crippen molar-refractivity contribution in [1.29, 1.82) is 0 Å². The Bertz CT molecular complexity index is 3080. The topological polar surface area (TPSA) is 257 Å². The molecule has 3 aliphatic rings. The zero-order valence-corrected chi connectivity index (χ0v) is 40.1. The number of hydrogen-bond acceptors (Lipinski definition) is 14. The third-order valence-electron chi connectivity index (χ3n) is 11.3. The number of fused-ring (bicyclic) bond motifs is 3. The maximum Gasteiger partial charge on any atom is 0.332 e. The number of aromatic nitrogens is 3. The van der Waals surface area contributed by atoms with Gasteiger partial charge in [-0.05, 0) is 126 Å². The summed E-state index contributed by atoms with van der Waals surface area (Å²) in [5, 5.41) is 7.04. The number of anilines is 2. The number of hydrogen-bond donors (Lipinski definition) is 4. The molecule has 3 aliphatic carbocycles. The van der Waals surface area contributed by atoms with Crippen molar-refractivity contribution >= 4 is 49.2 Å². The summed E-state index contributed by atoms with van der Waals surface area (Å²) in [5.41, 5.74) is 21.6. The van der Waals surface area contributed by atoms with Crippen LogP contribution in [0.4, 0.5) is 21.9 Å². The summed E-state index contributed by atoms with van der Waals surface area (Å²) in [6.07, 6.45) is 18.0. The third kappa shape index (κ3) is 13.3. The number of nitrogens with zero attached hydrogens (tertiary/aromatic N) is 4. The average Bonchev–Trinajstić information content (AvgIpc) is 4.11. The number of sulfonamides is 2. The fourth-order valence-electron chi connectivity index (χ4n) is 8.42. The molecule has 0 saturated carbocycles. The largest absolute Gasteiger partial charge is 0.481 e. The SMILES string of the molecule is COc1cc(-c2ccc3c(c2N)CCC3)ccn1.COc1cc(-c2ccc3c(c2N=C=O)CCC3)ccn1.COc1cc(-c2ccc3c(c2NC(=O)NS(C)(=O)=O)CCC3)ccn1.CS(N)(=O)=O. The fourth-order valence-corrected chi connectivity index (χ4v) is 8.81. The third-order valence-corrected chi connectivity index (χ3v) is 11.9. The number of ether oxygens (including phenoxy) is 3. The first-order valence-corrected chi connectivity index (χ1v) is 25.4. The smallest absolute Gasteiger partial charge is 0.332 e. The highest BCUT2D eigenvalue weighted by Gasteiger charge is 2.23. The molecule has 0 spiro atoms. The van der Waals surface area contributed by atoms with Gasteiger partial charge in [-0.3, -0.25) is 0 Å². The predicted molar refractivity (Wildman–Crippen MR) is 263 cm³/mol. The molecule has 0 fully saturated rings. The standard InChI is InChI=1S/C17H19N3O4S.C16H14N2O2.C15H16N2O.CH5NO2S/c1-24-15-10-12(8-9-18-15)14-7-6-11-4-3-5-13(11)16(14)19-17(21)20-25(2,22)23;1-20-15-9-12(7-8-17-15)14-6-5-11-3-2-4-13(11)16(14)18-10-19;1-18-14-9-11(7-8-17-14)13-6-5-10-3-2-4-12(10)15(13)16;1-5(2,3)4/h6-10H,3-5H2,1-2H3,(H2,19,20,21);5-9H,2-4H2,1H3;5-9H,2-4,16H2,1H3;1H3,(H2,2,3,4). The van der Waals surface area contributed by atoms with E-state index in [9.17, 15) is 26.4 Å². The van der Waals surface area contributed by atoms with Crippen LogP contribution in [0.25, 0.3) is 33.4 Å². The molecule has 0 saturated heterocycles. The Labute approximate surface area is 396 Å². The molecule has 6 aromatic rings. The molecule has 6 N–H and O–H groups in total. The number of primary sulfonamides is 1. The van der Waals surface area contributed by atoms with Gasteiger partial charge in [-0.1, -0.05) is 36.4 Å². The Kier molecular flexibility index (Phi) is 16.7. The number of carbonyl (C=O) groups is 1. The molecule has 3 heterocycles. The van der Waals surface area contributed by atoms with Crippen molar-refractivity contribution in [3.8, 4) is 51.0 Å². The summed E-state index contributed by atoms with van der Waals surface area (Å²) in [6.45, 7) is 0. The highest BCUT2D eigenvalue weighted by molar-refractivity contribution is 7.89. The molecule has 9 rings (SSSR count). The number of nitrogen functional groups attached to an aromatic ring is 1. The van der Waals surface area contributed by atoms with E-state index in [0.717, 1.165) is 114 Å². The zero-order chi connectivity index (χ0) is 49.0. The maximum absolute atomic E-state index is 12.1. The van der Waals surface area contributed by atoms with Crippen molar-refractivity contribution < 1.29 is 40.6 Å². The van der Waals surface area contributed by atoms with Gasteiger partial charge >= 0.3 is 6.03 Å². The summed E-state index contributed by atoms with van der Waals surface area (Å²) in [4.78, 5) is 39.1. The zero-order valence-electron chi connectivity index (χ0n) is 38.5. The van der Waals surface area contributed by atoms with E-state index in [0.29, 0.717) is 23.3 Å². The minimum absolute atomic E-state index is 0.463. The summed E-state index contributed by atoms with van der Waals surface area (Å²) in [6, 6.07) is 22.9. The van der Waals surface area contributed by atoms with Gasteiger partial charge < -0.3 is 25.3 Å². The number of rotatable bonds is 9. The highest BCUT2D eigenvalue weighted by atomic mass is 32.2. The Hall–Kier alpha value is -7.18. The van der Waals surface area contributed by atoms with Crippen molar-refractivity contribution in [1.82, 2.24) is 19.7 Å². The van der Waals surface area contributed by atoms with E-state index < -0.39 is 26.1 Å². The lowest BCUT2D eigenvalue weighted by Crippen LogP contribution is -2.33. The summed E-state index contributed by atoms with van der Waals surface area (Å²) in [7, 11) is -2.06. The number of aliphatic imine (C=N–C) groups is 1. The van der Waals surface area contributed by atoms with Crippen LogP contribution in [0.15, 0.2) is 96.4 Å². The highest BCUT2D eigenvalue weighted by Crippen LogP contribution is 2.41. The van der Waals surface area contributed by atoms with Crippen LogP contribution >= 0.6 is 0 Å². The second kappa shape index (κ2) is 22.5. The normalized spacial score (nSPS) is 13.0. The van der Waals surface area contributed by atoms with Crippen molar-refractivity contribution in [3.05, 3.63) is 125 Å². The quantitative estimate of drug-likeness (QED) is 0.0632. The van der Waals surface area contributed by atoms with Gasteiger partial charge in [-0.2, -0.15) is 4.99 Å². The fraction of sp³-hybridized carbons (Fsp3) is 0.286. The van der Waals surface area contributed by atoms with Crippen LogP contribution in [-0.4, -0.2) is 77.7 Å². The molecule has 2 amide bonds. The second-order valence-electron chi connectivity index (χ2n) is 16.1. The lowest BCUT2D eigenvalue weighted by Gasteiger charge is -2.16. The molecule has 0 aliphatic heterocycles. The molecule has 0 unspecified atom stereocenters. The molecule has 356 valence electrons. The second-order valence-corrected chi connectivity index (χ2v) is 19.5. The number of methoxy groups -OCH3 is 3. The monoisotopic (exact) mass is 962 g/mol. The van der Waals surface area contributed by atoms with E-state index in [1.165, 1.54) is 41.3 Å². The summed E-state index contributed by atoms with van der Waals surface area (Å²) < 4.78 is 58.9. The number of carbonyl (C=O) groups excluding carboxylic acids is 2. The number of isocyanates is 1. The summed E-state index contributed by atoms with van der Waals surface area (Å²) >= 11 is 0. The van der Waals surface area contributed by atoms with Gasteiger partial charge in [0.05, 0.1) is 45.2 Å². The minimum atomic E-state index is -3.64. The van der Waals surface area contributed by atoms with E-state index in [1.807, 2.05) is 53.3 Å². The van der Waals surface area contributed by atoms with Crippen LogP contribution in [0, 0.1) is 0 Å². The first-order chi connectivity index (χ1) is 32.5. The molecule has 3 aromatic heterocycles. The summed E-state index contributed by atoms with van der Waals surface area (Å²) in [5.74, 6) is 1.63. The van der Waals surface area contributed by atoms with Gasteiger partial charge in [0.15, 0.2) is 0 Å². The lowest BCUT2D eigenvalue weighted by molar-refractivity contribution is 0.256. The van der Waals surface area contributed by atoms with E-state index in [2.05, 4.69) is 48.6 Å². The van der Waals surface area contributed by atoms with Gasteiger partial charge in [0.2, 0.25) is 43.8 Å². The van der Waals surface area contributed by atoms with Crippen LogP contribution in [0.1, 0.15) is 52.6 Å². The Morgan fingerprint density at radius 3 is 1.51 bits per heavy atom. The van der Waals surface area contributed by atoms with E-state index >= 15 is 0 Å². The van der Waals surface area contributed by atoms with Gasteiger partial charge in [-0.25, -0.2) is 51.2 Å². The Balaban J connectivity index is 0.000000162. The molecular weight excluding hydrogens is 909 g/mol. The molecular formula is C49H54N8O9S2. The molecule has 19 heteroatoms. The number of urea groups is 1. The number of benzene rings is 3. The van der Waals surface area contributed by atoms with Gasteiger partial charge in [0.1, 0.15) is 0 Å². The molecule has 0 radical (unpaired) electrons. The Morgan fingerprint density at radius 1 is 0.618 bits per heavy atom. The van der Waals surface area contributed by atoms with Crippen LogP contribution in [0.5, 0.6) is 17.6 Å². The van der Waals surface area contributed by atoms with Gasteiger partial charge in [-0.15, -0.1) is 0 Å². The average molecular weight is 963 g/mol. The van der Waals surface area contributed by atoms with E-state index in [1.54, 1.807) is 45.0 Å². The predicted octanol–water partition coefficient (Wildman–Crippen LogP) is 7.27. The number of pyridine rings is 3. The number of nitrogens with two attached hydrogens (primary N) is 2. The van der Waals surface area contributed by atoms with Crippen LogP contribution in [0.2, 0.25) is 0 Å². The van der Waals surface area contributed by atoms with Gasteiger partial charge in [0, 0.05) is 59.2 Å². The van der Waals surface area contributed by atoms with E-state index in [-0.39, 0.29) is 0 Å². The molecule has 0 bridgehead atoms. The van der Waals surface area contributed by atoms with E-state index in [4.69, 9.17) is 19.9 Å². The van der Waals surface area contributed by atoms with Crippen molar-refractivity contribution in [2.45, 2.75) is 57.8 Å². The van der Waals surface area contributed by atoms with Crippen LogP contribution in [0.3, 0.4) is 0 Å². The van der Waals surface area contributed by atoms with Crippen molar-refractivity contribution in [3.63, 3.8) is 0 Å². The molecule has 17 nitrogen and oxygen atoms in total. The van der Waals surface area contributed by atoms with Crippen LogP contribution < -0.4 is 35.1 Å². The number of aryl methyl sites for hydroxylation is 3. The molecule has 3 aromatic carbocycles. The first kappa shape index (κ1) is 50.2. The Morgan fingerprint density at radius 2 is 1.03 bits per heavy atom. The van der Waals surface area contributed by atoms with Crippen molar-refractivity contribution in [2.75, 3.05) is 44.9 Å². The number of amides is 2. The number of nitrogens with one attached hydrogen (secondary N) is 2. The van der Waals surface area contributed by atoms with Gasteiger partial charge in [0.25, 0.3) is 0 Å². The lowest BCUT2D eigenvalue weighted by atomic mass is 9.98. The first-order valence-electron chi connectivity index (χ1n) is 21.6. The molecule has 68 heavy (non-hydrogen) atoms. The maximum atomic E-state index is 12.1. The molecule has 0 atom stereocenters. The minimum Gasteiger partial charge on any atom is -0.481 e. The van der Waals surface area contributed by atoms with Crippen molar-refractivity contribution in [2.24, 2.45) is 10.1 Å². The van der Waals surface area contributed by atoms with Crippen LogP contribution in [-0.2, 0) is 63.4 Å².